The molecule has 1 aliphatic heterocycles. The molecular weight excluding hydrogens is 245 g/mol. The molecule has 0 amide bonds. The summed E-state index contributed by atoms with van der Waals surface area (Å²) in [6.07, 6.45) is 0.240. The molecule has 2 aliphatic rings. The van der Waals surface area contributed by atoms with Crippen molar-refractivity contribution < 1.29 is 17.9 Å². The first-order valence-corrected chi connectivity index (χ1v) is 6.38. The van der Waals surface area contributed by atoms with Crippen molar-refractivity contribution in [1.29, 1.82) is 0 Å². The second-order valence-electron chi connectivity index (χ2n) is 5.04. The van der Waals surface area contributed by atoms with Gasteiger partial charge in [-0.3, -0.25) is 5.84 Å². The van der Waals surface area contributed by atoms with Crippen LogP contribution in [0.1, 0.15) is 32.1 Å². The zero-order valence-electron chi connectivity index (χ0n) is 10.2. The molecule has 0 radical (unpaired) electrons. The number of ether oxygens (including phenoxy) is 1. The van der Waals surface area contributed by atoms with Gasteiger partial charge < -0.3 is 4.74 Å². The second kappa shape index (κ2) is 5.48. The Labute approximate surface area is 105 Å². The molecule has 6 heteroatoms. The number of hydrogen-bond acceptors (Lipinski definition) is 3. The van der Waals surface area contributed by atoms with Crippen LogP contribution in [0.2, 0.25) is 0 Å². The van der Waals surface area contributed by atoms with Crippen molar-refractivity contribution in [2.45, 2.75) is 44.3 Å². The molecular formula is C12H19F3N2O. The van der Waals surface area contributed by atoms with Crippen molar-refractivity contribution in [3.63, 3.8) is 0 Å². The fraction of sp³-hybridized carbons (Fsp3) is 0.833. The SMILES string of the molecule is NNC(C1=CCCO1)C1CCC(C(F)(F)F)CC1. The number of halogens is 3. The van der Waals surface area contributed by atoms with Gasteiger partial charge in [0.2, 0.25) is 0 Å². The lowest BCUT2D eigenvalue weighted by Crippen LogP contribution is -2.44. The molecule has 0 aromatic rings. The maximum absolute atomic E-state index is 12.6. The molecule has 1 atom stereocenters. The van der Waals surface area contributed by atoms with Gasteiger partial charge in [0.15, 0.2) is 0 Å². The van der Waals surface area contributed by atoms with Gasteiger partial charge in [-0.1, -0.05) is 0 Å². The summed E-state index contributed by atoms with van der Waals surface area (Å²) < 4.78 is 43.2. The Kier molecular flexibility index (Phi) is 4.17. The third-order valence-corrected chi connectivity index (χ3v) is 3.92. The monoisotopic (exact) mass is 264 g/mol. The summed E-state index contributed by atoms with van der Waals surface area (Å²) in [6, 6.07) is -0.137. The lowest BCUT2D eigenvalue weighted by molar-refractivity contribution is -0.184. The van der Waals surface area contributed by atoms with E-state index in [0.29, 0.717) is 19.4 Å². The van der Waals surface area contributed by atoms with E-state index in [-0.39, 0.29) is 24.8 Å². The Morgan fingerprint density at radius 1 is 1.28 bits per heavy atom. The lowest BCUT2D eigenvalue weighted by Gasteiger charge is -2.34. The molecule has 0 aromatic heterocycles. The highest BCUT2D eigenvalue weighted by Crippen LogP contribution is 2.41. The highest BCUT2D eigenvalue weighted by molar-refractivity contribution is 5.09. The van der Waals surface area contributed by atoms with E-state index in [9.17, 15) is 13.2 Å². The van der Waals surface area contributed by atoms with E-state index in [1.54, 1.807) is 0 Å². The maximum Gasteiger partial charge on any atom is 0.391 e. The predicted octanol–water partition coefficient (Wildman–Crippen LogP) is 2.49. The van der Waals surface area contributed by atoms with Crippen molar-refractivity contribution in [3.05, 3.63) is 11.8 Å². The second-order valence-corrected chi connectivity index (χ2v) is 5.04. The fourth-order valence-electron chi connectivity index (χ4n) is 2.88. The number of hydrazine groups is 1. The van der Waals surface area contributed by atoms with Gasteiger partial charge in [-0.2, -0.15) is 13.2 Å². The van der Waals surface area contributed by atoms with Crippen molar-refractivity contribution in [2.24, 2.45) is 17.7 Å². The van der Waals surface area contributed by atoms with Gasteiger partial charge in [-0.15, -0.1) is 0 Å². The van der Waals surface area contributed by atoms with Crippen LogP contribution in [-0.4, -0.2) is 18.8 Å². The smallest absolute Gasteiger partial charge is 0.391 e. The Balaban J connectivity index is 1.92. The van der Waals surface area contributed by atoms with E-state index in [1.165, 1.54) is 0 Å². The first-order valence-electron chi connectivity index (χ1n) is 6.38. The fourth-order valence-corrected chi connectivity index (χ4v) is 2.88. The molecule has 1 saturated carbocycles. The quantitative estimate of drug-likeness (QED) is 0.608. The molecule has 0 aromatic carbocycles. The highest BCUT2D eigenvalue weighted by atomic mass is 19.4. The van der Waals surface area contributed by atoms with E-state index < -0.39 is 12.1 Å². The average Bonchev–Trinajstić information content (AvgIpc) is 2.83. The third kappa shape index (κ3) is 2.98. The van der Waals surface area contributed by atoms with Gasteiger partial charge >= 0.3 is 6.18 Å². The highest BCUT2D eigenvalue weighted by Gasteiger charge is 2.43. The van der Waals surface area contributed by atoms with Gasteiger partial charge in [0.05, 0.1) is 18.6 Å². The maximum atomic E-state index is 12.6. The minimum atomic E-state index is -4.06. The molecule has 1 unspecified atom stereocenters. The summed E-state index contributed by atoms with van der Waals surface area (Å²) >= 11 is 0. The van der Waals surface area contributed by atoms with Crippen molar-refractivity contribution in [1.82, 2.24) is 5.43 Å². The minimum absolute atomic E-state index is 0.137. The van der Waals surface area contributed by atoms with Gasteiger partial charge in [0.1, 0.15) is 5.76 Å². The largest absolute Gasteiger partial charge is 0.496 e. The Morgan fingerprint density at radius 3 is 2.39 bits per heavy atom. The third-order valence-electron chi connectivity index (χ3n) is 3.92. The zero-order valence-corrected chi connectivity index (χ0v) is 10.2. The molecule has 1 aliphatic carbocycles. The van der Waals surface area contributed by atoms with E-state index in [2.05, 4.69) is 5.43 Å². The number of rotatable bonds is 3. The molecule has 0 spiro atoms. The van der Waals surface area contributed by atoms with Gasteiger partial charge in [0, 0.05) is 6.42 Å². The van der Waals surface area contributed by atoms with Crippen LogP contribution in [0.15, 0.2) is 11.8 Å². The first kappa shape index (κ1) is 13.7. The van der Waals surface area contributed by atoms with E-state index in [1.807, 2.05) is 6.08 Å². The van der Waals surface area contributed by atoms with Crippen LogP contribution in [0, 0.1) is 11.8 Å². The summed E-state index contributed by atoms with van der Waals surface area (Å²) in [4.78, 5) is 0. The predicted molar refractivity (Wildman–Crippen MR) is 61.3 cm³/mol. The summed E-state index contributed by atoms with van der Waals surface area (Å²) in [5.41, 5.74) is 2.69. The minimum Gasteiger partial charge on any atom is -0.496 e. The van der Waals surface area contributed by atoms with Crippen LogP contribution in [0.25, 0.3) is 0 Å². The average molecular weight is 264 g/mol. The lowest BCUT2D eigenvalue weighted by atomic mass is 9.78. The van der Waals surface area contributed by atoms with Crippen LogP contribution >= 0.6 is 0 Å². The molecule has 18 heavy (non-hydrogen) atoms. The van der Waals surface area contributed by atoms with Gasteiger partial charge in [-0.05, 0) is 37.7 Å². The molecule has 2 rings (SSSR count). The van der Waals surface area contributed by atoms with E-state index >= 15 is 0 Å². The Bertz CT molecular complexity index is 309. The zero-order chi connectivity index (χ0) is 13.2. The standard InChI is InChI=1S/C12H19F3N2O/c13-12(14,15)9-5-3-8(4-6-9)11(17-16)10-2-1-7-18-10/h2,8-9,11,17H,1,3-7,16H2. The Hall–Kier alpha value is -0.750. The van der Waals surface area contributed by atoms with Gasteiger partial charge in [-0.25, -0.2) is 5.43 Å². The summed E-state index contributed by atoms with van der Waals surface area (Å²) in [5.74, 6) is 5.30. The number of hydrogen-bond donors (Lipinski definition) is 2. The van der Waals surface area contributed by atoms with Crippen LogP contribution in [0.4, 0.5) is 13.2 Å². The van der Waals surface area contributed by atoms with Gasteiger partial charge in [0.25, 0.3) is 0 Å². The number of alkyl halides is 3. The molecule has 3 nitrogen and oxygen atoms in total. The normalized spacial score (nSPS) is 30.8. The van der Waals surface area contributed by atoms with Crippen molar-refractivity contribution in [3.8, 4) is 0 Å². The summed E-state index contributed by atoms with van der Waals surface area (Å²) in [5, 5.41) is 0. The molecule has 3 N–H and O–H groups in total. The molecule has 1 fully saturated rings. The number of nitrogens with one attached hydrogen (secondary N) is 1. The molecule has 0 saturated heterocycles. The molecule has 0 bridgehead atoms. The number of nitrogens with two attached hydrogens (primary N) is 1. The Morgan fingerprint density at radius 2 is 1.94 bits per heavy atom. The van der Waals surface area contributed by atoms with Crippen molar-refractivity contribution in [2.75, 3.05) is 6.61 Å². The first-order chi connectivity index (χ1) is 8.52. The van der Waals surface area contributed by atoms with Crippen LogP contribution in [-0.2, 0) is 4.74 Å². The molecule has 1 heterocycles. The summed E-state index contributed by atoms with van der Waals surface area (Å²) in [6.45, 7) is 0.644. The topological polar surface area (TPSA) is 47.3 Å². The van der Waals surface area contributed by atoms with Crippen LogP contribution in [0.3, 0.4) is 0 Å². The molecule has 104 valence electrons. The van der Waals surface area contributed by atoms with Crippen LogP contribution < -0.4 is 11.3 Å². The van der Waals surface area contributed by atoms with E-state index in [4.69, 9.17) is 10.6 Å². The summed E-state index contributed by atoms with van der Waals surface area (Å²) in [7, 11) is 0. The van der Waals surface area contributed by atoms with Crippen molar-refractivity contribution >= 4 is 0 Å². The van der Waals surface area contributed by atoms with E-state index in [0.717, 1.165) is 12.2 Å². The van der Waals surface area contributed by atoms with Crippen LogP contribution in [0.5, 0.6) is 0 Å².